The number of ether oxygens (including phenoxy) is 1. The molecule has 6 nitrogen and oxygen atoms in total. The highest BCUT2D eigenvalue weighted by molar-refractivity contribution is 6.61. The number of rotatable bonds is 3. The highest BCUT2D eigenvalue weighted by atomic mass is 16.7. The lowest BCUT2D eigenvalue weighted by Crippen LogP contribution is -2.41. The summed E-state index contributed by atoms with van der Waals surface area (Å²) in [6.45, 7) is 7.84. The molecule has 1 aliphatic rings. The number of hydrogen-bond donors (Lipinski definition) is 1. The van der Waals surface area contributed by atoms with Crippen molar-refractivity contribution in [1.29, 1.82) is 0 Å². The van der Waals surface area contributed by atoms with E-state index in [2.05, 4.69) is 4.98 Å². The van der Waals surface area contributed by atoms with Crippen molar-refractivity contribution in [2.24, 2.45) is 5.73 Å². The van der Waals surface area contributed by atoms with E-state index >= 15 is 0 Å². The molecule has 1 aliphatic heterocycles. The SMILES string of the molecule is COc1cc(B2OC(C)(C)C(C)(C)O2)ncc1C(N)=O. The Bertz CT molecular complexity index is 529. The number of amides is 1. The zero-order valence-electron chi connectivity index (χ0n) is 12.4. The van der Waals surface area contributed by atoms with Crippen LogP contribution in [-0.4, -0.2) is 36.3 Å². The summed E-state index contributed by atoms with van der Waals surface area (Å²) >= 11 is 0. The van der Waals surface area contributed by atoms with Gasteiger partial charge in [0.1, 0.15) is 5.75 Å². The van der Waals surface area contributed by atoms with E-state index < -0.39 is 24.2 Å². The van der Waals surface area contributed by atoms with E-state index in [0.717, 1.165) is 0 Å². The van der Waals surface area contributed by atoms with E-state index in [1.165, 1.54) is 13.3 Å². The van der Waals surface area contributed by atoms with E-state index in [-0.39, 0.29) is 5.56 Å². The summed E-state index contributed by atoms with van der Waals surface area (Å²) in [5.74, 6) is -0.230. The topological polar surface area (TPSA) is 83.7 Å². The molecule has 2 N–H and O–H groups in total. The van der Waals surface area contributed by atoms with Crippen LogP contribution in [0.15, 0.2) is 12.3 Å². The first-order valence-corrected chi connectivity index (χ1v) is 6.37. The predicted octanol–water partition coefficient (Wildman–Crippen LogP) is 0.488. The van der Waals surface area contributed by atoms with Crippen LogP contribution in [0, 0.1) is 0 Å². The number of nitrogens with zero attached hydrogens (tertiary/aromatic N) is 1. The Morgan fingerprint density at radius 3 is 2.30 bits per heavy atom. The fraction of sp³-hybridized carbons (Fsp3) is 0.538. The normalized spacial score (nSPS) is 19.9. The first-order valence-electron chi connectivity index (χ1n) is 6.37. The zero-order chi connectivity index (χ0) is 15.1. The molecule has 1 aromatic rings. The van der Waals surface area contributed by atoms with Gasteiger partial charge >= 0.3 is 7.12 Å². The minimum atomic E-state index is -0.601. The number of aromatic nitrogens is 1. The second kappa shape index (κ2) is 4.75. The Labute approximate surface area is 118 Å². The third kappa shape index (κ3) is 2.38. The van der Waals surface area contributed by atoms with Gasteiger partial charge in [-0.05, 0) is 33.8 Å². The van der Waals surface area contributed by atoms with Gasteiger partial charge in [-0.15, -0.1) is 0 Å². The molecule has 7 heteroatoms. The molecule has 2 rings (SSSR count). The van der Waals surface area contributed by atoms with Gasteiger partial charge in [-0.25, -0.2) is 0 Å². The van der Waals surface area contributed by atoms with Gasteiger partial charge in [0.2, 0.25) is 0 Å². The van der Waals surface area contributed by atoms with Crippen LogP contribution in [0.25, 0.3) is 0 Å². The Morgan fingerprint density at radius 1 is 1.30 bits per heavy atom. The molecule has 0 bridgehead atoms. The average molecular weight is 278 g/mol. The highest BCUT2D eigenvalue weighted by Crippen LogP contribution is 2.36. The molecular weight excluding hydrogens is 259 g/mol. The molecule has 0 aromatic carbocycles. The second-order valence-corrected chi connectivity index (χ2v) is 5.76. The third-order valence-corrected chi connectivity index (χ3v) is 3.87. The summed E-state index contributed by atoms with van der Waals surface area (Å²) in [7, 11) is 0.867. The fourth-order valence-corrected chi connectivity index (χ4v) is 1.90. The lowest BCUT2D eigenvalue weighted by Gasteiger charge is -2.32. The molecule has 0 radical (unpaired) electrons. The van der Waals surface area contributed by atoms with Gasteiger partial charge in [-0.1, -0.05) is 0 Å². The molecular formula is C13H19BN2O4. The number of nitrogens with two attached hydrogens (primary N) is 1. The highest BCUT2D eigenvalue weighted by Gasteiger charge is 2.52. The number of hydrogen-bond acceptors (Lipinski definition) is 5. The Kier molecular flexibility index (Phi) is 3.52. The number of primary amides is 1. The van der Waals surface area contributed by atoms with Crippen molar-refractivity contribution in [3.8, 4) is 5.75 Å². The van der Waals surface area contributed by atoms with Gasteiger partial charge in [0.05, 0.1) is 29.5 Å². The quantitative estimate of drug-likeness (QED) is 0.813. The standard InChI is InChI=1S/C13H19BN2O4/c1-12(2)13(3,4)20-14(19-12)10-6-9(18-5)8(7-16-10)11(15)17/h6-7H,1-5H3,(H2,15,17). The summed E-state index contributed by atoms with van der Waals surface area (Å²) in [6, 6.07) is 1.61. The minimum absolute atomic E-state index is 0.229. The largest absolute Gasteiger partial charge is 0.514 e. The van der Waals surface area contributed by atoms with Crippen LogP contribution >= 0.6 is 0 Å². The Morgan fingerprint density at radius 2 is 1.85 bits per heavy atom. The summed E-state index contributed by atoms with van der Waals surface area (Å²) in [5, 5.41) is 0. The number of carbonyl (C=O) groups is 1. The fourth-order valence-electron chi connectivity index (χ4n) is 1.90. The molecule has 1 aromatic heterocycles. The van der Waals surface area contributed by atoms with Gasteiger partial charge in [0.15, 0.2) is 0 Å². The molecule has 1 saturated heterocycles. The van der Waals surface area contributed by atoms with Crippen LogP contribution in [0.3, 0.4) is 0 Å². The summed E-state index contributed by atoms with van der Waals surface area (Å²) in [6.07, 6.45) is 1.38. The molecule has 108 valence electrons. The monoisotopic (exact) mass is 278 g/mol. The van der Waals surface area contributed by atoms with Crippen LogP contribution in [0.4, 0.5) is 0 Å². The van der Waals surface area contributed by atoms with Crippen molar-refractivity contribution in [2.75, 3.05) is 7.11 Å². The molecule has 1 amide bonds. The second-order valence-electron chi connectivity index (χ2n) is 5.76. The molecule has 0 atom stereocenters. The number of carbonyl (C=O) groups excluding carboxylic acids is 1. The van der Waals surface area contributed by atoms with Crippen molar-refractivity contribution in [1.82, 2.24) is 4.98 Å². The lowest BCUT2D eigenvalue weighted by atomic mass is 9.84. The molecule has 0 spiro atoms. The van der Waals surface area contributed by atoms with Crippen LogP contribution < -0.4 is 16.1 Å². The van der Waals surface area contributed by atoms with Crippen molar-refractivity contribution in [2.45, 2.75) is 38.9 Å². The maximum Gasteiger partial charge on any atom is 0.514 e. The zero-order valence-corrected chi connectivity index (χ0v) is 12.4. The smallest absolute Gasteiger partial charge is 0.496 e. The summed E-state index contributed by atoms with van der Waals surface area (Å²) in [4.78, 5) is 15.4. The van der Waals surface area contributed by atoms with Crippen LogP contribution in [0.2, 0.25) is 0 Å². The van der Waals surface area contributed by atoms with Crippen LogP contribution in [-0.2, 0) is 9.31 Å². The first-order chi connectivity index (χ1) is 9.18. The Hall–Kier alpha value is -1.60. The summed E-state index contributed by atoms with van der Waals surface area (Å²) in [5.41, 5.74) is 5.14. The summed E-state index contributed by atoms with van der Waals surface area (Å²) < 4.78 is 16.9. The van der Waals surface area contributed by atoms with E-state index in [9.17, 15) is 4.79 Å². The van der Waals surface area contributed by atoms with E-state index in [4.69, 9.17) is 19.8 Å². The third-order valence-electron chi connectivity index (χ3n) is 3.87. The van der Waals surface area contributed by atoms with Gasteiger partial charge in [0.25, 0.3) is 5.91 Å². The predicted molar refractivity (Wildman–Crippen MR) is 75.0 cm³/mol. The van der Waals surface area contributed by atoms with Gasteiger partial charge in [-0.2, -0.15) is 0 Å². The molecule has 1 fully saturated rings. The molecule has 20 heavy (non-hydrogen) atoms. The minimum Gasteiger partial charge on any atom is -0.496 e. The van der Waals surface area contributed by atoms with Crippen molar-refractivity contribution >= 4 is 18.6 Å². The Balaban J connectivity index is 2.34. The van der Waals surface area contributed by atoms with Crippen LogP contribution in [0.5, 0.6) is 5.75 Å². The van der Waals surface area contributed by atoms with Crippen LogP contribution in [0.1, 0.15) is 38.1 Å². The van der Waals surface area contributed by atoms with E-state index in [1.807, 2.05) is 27.7 Å². The van der Waals surface area contributed by atoms with Gasteiger partial charge < -0.3 is 19.8 Å². The maximum atomic E-state index is 11.3. The molecule has 2 heterocycles. The first kappa shape index (κ1) is 14.8. The van der Waals surface area contributed by atoms with Gasteiger partial charge in [0, 0.05) is 6.20 Å². The van der Waals surface area contributed by atoms with Crippen molar-refractivity contribution < 1.29 is 18.8 Å². The number of methoxy groups -OCH3 is 1. The number of pyridine rings is 1. The maximum absolute atomic E-state index is 11.3. The molecule has 0 aliphatic carbocycles. The van der Waals surface area contributed by atoms with Crippen molar-refractivity contribution in [3.63, 3.8) is 0 Å². The lowest BCUT2D eigenvalue weighted by molar-refractivity contribution is 0.00578. The van der Waals surface area contributed by atoms with E-state index in [0.29, 0.717) is 11.3 Å². The van der Waals surface area contributed by atoms with Gasteiger partial charge in [-0.3, -0.25) is 9.78 Å². The molecule has 0 saturated carbocycles. The average Bonchev–Trinajstić information content (AvgIpc) is 2.57. The van der Waals surface area contributed by atoms with E-state index in [1.54, 1.807) is 6.07 Å². The van der Waals surface area contributed by atoms with Crippen molar-refractivity contribution in [3.05, 3.63) is 17.8 Å². The molecule has 0 unspecified atom stereocenters.